The number of methoxy groups -OCH3 is 2. The van der Waals surface area contributed by atoms with Crippen molar-refractivity contribution in [1.82, 2.24) is 0 Å². The molecule has 0 aliphatic heterocycles. The fourth-order valence-corrected chi connectivity index (χ4v) is 6.78. The van der Waals surface area contributed by atoms with Gasteiger partial charge in [0.15, 0.2) is 23.0 Å². The molecule has 2 aromatic rings. The Morgan fingerprint density at radius 3 is 2.43 bits per heavy atom. The van der Waals surface area contributed by atoms with Gasteiger partial charge >= 0.3 is 5.97 Å². The number of aryl methyl sites for hydroxylation is 1. The first-order valence-corrected chi connectivity index (χ1v) is 15.0. The van der Waals surface area contributed by atoms with Crippen LogP contribution in [0.5, 0.6) is 23.0 Å². The predicted octanol–water partition coefficient (Wildman–Crippen LogP) is 6.09. The highest BCUT2D eigenvalue weighted by atomic mass is 16.5. The van der Waals surface area contributed by atoms with Crippen LogP contribution < -0.4 is 9.47 Å². The quantitative estimate of drug-likeness (QED) is 0.243. The Labute approximate surface area is 248 Å². The van der Waals surface area contributed by atoms with Crippen LogP contribution in [0.25, 0.3) is 5.57 Å². The summed E-state index contributed by atoms with van der Waals surface area (Å²) in [5.74, 6) is 0.947. The molecule has 228 valence electrons. The number of hydrogen-bond acceptors (Lipinski definition) is 8. The highest BCUT2D eigenvalue weighted by Crippen LogP contribution is 2.50. The minimum absolute atomic E-state index is 0.0238. The molecule has 0 bridgehead atoms. The number of fused-ring (bicyclic) bond motifs is 2. The van der Waals surface area contributed by atoms with Crippen molar-refractivity contribution in [1.29, 1.82) is 0 Å². The number of esters is 1. The zero-order valence-electron chi connectivity index (χ0n) is 24.9. The smallest absolute Gasteiger partial charge is 0.302 e. The molecule has 0 spiro atoms. The van der Waals surface area contributed by atoms with Crippen LogP contribution >= 0.6 is 0 Å². The van der Waals surface area contributed by atoms with Crippen molar-refractivity contribution >= 4 is 17.3 Å². The number of phenols is 2. The zero-order chi connectivity index (χ0) is 30.2. The molecule has 0 heterocycles. The monoisotopic (exact) mass is 580 g/mol. The van der Waals surface area contributed by atoms with Gasteiger partial charge < -0.3 is 29.5 Å². The number of ether oxygens (including phenoxy) is 3. The lowest BCUT2D eigenvalue weighted by Gasteiger charge is -2.35. The summed E-state index contributed by atoms with van der Waals surface area (Å²) in [4.78, 5) is 25.7. The van der Waals surface area contributed by atoms with E-state index in [9.17, 15) is 24.9 Å². The SMILES string of the molecule is COc1cc(CC[C@H](CC(=O)C[C@H]2c3cc(OC)c(O)cc3C(CCCO)=C[C@H]3CCCC[C@@H]32)OC(C)=O)ccc1O. The molecule has 3 N–H and O–H groups in total. The van der Waals surface area contributed by atoms with E-state index in [0.29, 0.717) is 49.5 Å². The van der Waals surface area contributed by atoms with Crippen LogP contribution in [0.4, 0.5) is 0 Å². The van der Waals surface area contributed by atoms with Crippen LogP contribution in [0.1, 0.15) is 87.3 Å². The van der Waals surface area contributed by atoms with Gasteiger partial charge in [0.2, 0.25) is 0 Å². The number of allylic oxidation sites excluding steroid dienone is 2. The van der Waals surface area contributed by atoms with E-state index in [4.69, 9.17) is 14.2 Å². The molecular formula is C34H44O8. The molecule has 2 aliphatic carbocycles. The molecule has 1 saturated carbocycles. The second-order valence-corrected chi connectivity index (χ2v) is 11.6. The van der Waals surface area contributed by atoms with Crippen molar-refractivity contribution in [2.45, 2.75) is 83.2 Å². The summed E-state index contributed by atoms with van der Waals surface area (Å²) < 4.78 is 16.3. The van der Waals surface area contributed by atoms with E-state index in [1.54, 1.807) is 24.3 Å². The number of rotatable bonds is 13. The van der Waals surface area contributed by atoms with Crippen LogP contribution in [0.15, 0.2) is 36.4 Å². The minimum Gasteiger partial charge on any atom is -0.504 e. The summed E-state index contributed by atoms with van der Waals surface area (Å²) in [5.41, 5.74) is 3.93. The highest BCUT2D eigenvalue weighted by molar-refractivity contribution is 5.81. The molecule has 0 unspecified atom stereocenters. The van der Waals surface area contributed by atoms with Gasteiger partial charge in [0.05, 0.1) is 14.2 Å². The maximum Gasteiger partial charge on any atom is 0.302 e. The molecule has 8 heteroatoms. The van der Waals surface area contributed by atoms with Gasteiger partial charge in [-0.05, 0) is 103 Å². The first kappa shape index (κ1) is 31.4. The van der Waals surface area contributed by atoms with Crippen LogP contribution in [0.3, 0.4) is 0 Å². The molecule has 1 fully saturated rings. The minimum atomic E-state index is -0.574. The van der Waals surface area contributed by atoms with Crippen molar-refractivity contribution < 1.29 is 39.1 Å². The van der Waals surface area contributed by atoms with Crippen LogP contribution in [-0.4, -0.2) is 54.0 Å². The number of hydrogen-bond donors (Lipinski definition) is 3. The van der Waals surface area contributed by atoms with E-state index in [1.807, 2.05) is 6.07 Å². The number of aliphatic hydroxyl groups is 1. The van der Waals surface area contributed by atoms with Crippen molar-refractivity contribution in [3.8, 4) is 23.0 Å². The second kappa shape index (κ2) is 14.6. The standard InChI is InChI=1S/C34H44O8/c1-21(36)42-26(12-10-22-11-13-31(38)33(15-22)40-2)17-25(37)18-29-27-9-5-4-7-23(27)16-24(8-6-14-35)28-19-32(39)34(41-3)20-30(28)29/h11,13,15-16,19-20,23,26-27,29,35,38-39H,4-10,12,14,17-18H2,1-3H3/t23-,26-,27+,29-/m1/s1. The average Bonchev–Trinajstić information content (AvgIpc) is 3.09. The third-order valence-corrected chi connectivity index (χ3v) is 8.74. The topological polar surface area (TPSA) is 123 Å². The molecule has 4 rings (SSSR count). The van der Waals surface area contributed by atoms with Gasteiger partial charge in [-0.25, -0.2) is 0 Å². The van der Waals surface area contributed by atoms with Gasteiger partial charge in [0.1, 0.15) is 11.9 Å². The first-order valence-electron chi connectivity index (χ1n) is 15.0. The average molecular weight is 581 g/mol. The van der Waals surface area contributed by atoms with Gasteiger partial charge in [0, 0.05) is 26.4 Å². The van der Waals surface area contributed by atoms with Gasteiger partial charge in [0.25, 0.3) is 0 Å². The van der Waals surface area contributed by atoms with E-state index in [2.05, 4.69) is 6.08 Å². The fraction of sp³-hybridized carbons (Fsp3) is 0.529. The summed E-state index contributed by atoms with van der Waals surface area (Å²) in [6.45, 7) is 1.44. The maximum atomic E-state index is 13.8. The number of ketones is 1. The van der Waals surface area contributed by atoms with Gasteiger partial charge in [-0.2, -0.15) is 0 Å². The van der Waals surface area contributed by atoms with Crippen LogP contribution in [0.2, 0.25) is 0 Å². The third-order valence-electron chi connectivity index (χ3n) is 8.74. The molecule has 4 atom stereocenters. The Morgan fingerprint density at radius 1 is 0.976 bits per heavy atom. The number of benzene rings is 2. The highest BCUT2D eigenvalue weighted by Gasteiger charge is 2.38. The molecule has 0 amide bonds. The van der Waals surface area contributed by atoms with Crippen molar-refractivity contribution in [2.24, 2.45) is 11.8 Å². The summed E-state index contributed by atoms with van der Waals surface area (Å²) in [5, 5.41) is 30.2. The lowest BCUT2D eigenvalue weighted by Crippen LogP contribution is -2.27. The summed E-state index contributed by atoms with van der Waals surface area (Å²) in [6, 6.07) is 8.74. The van der Waals surface area contributed by atoms with Gasteiger partial charge in [-0.15, -0.1) is 0 Å². The summed E-state index contributed by atoms with van der Waals surface area (Å²) >= 11 is 0. The molecule has 0 saturated heterocycles. The number of aromatic hydroxyl groups is 2. The van der Waals surface area contributed by atoms with E-state index < -0.39 is 12.1 Å². The normalized spacial score (nSPS) is 20.4. The Balaban J connectivity index is 1.59. The Hall–Kier alpha value is -3.52. The van der Waals surface area contributed by atoms with Crippen LogP contribution in [-0.2, 0) is 20.7 Å². The third kappa shape index (κ3) is 7.65. The molecule has 2 aliphatic rings. The maximum absolute atomic E-state index is 13.8. The van der Waals surface area contributed by atoms with E-state index in [1.165, 1.54) is 21.1 Å². The van der Waals surface area contributed by atoms with Gasteiger partial charge in [-0.1, -0.05) is 25.0 Å². The van der Waals surface area contributed by atoms with E-state index in [-0.39, 0.29) is 42.1 Å². The number of carbonyl (C=O) groups excluding carboxylic acids is 2. The lowest BCUT2D eigenvalue weighted by atomic mass is 9.69. The fourth-order valence-electron chi connectivity index (χ4n) is 6.78. The van der Waals surface area contributed by atoms with E-state index in [0.717, 1.165) is 47.9 Å². The second-order valence-electron chi connectivity index (χ2n) is 11.6. The van der Waals surface area contributed by atoms with Gasteiger partial charge in [-0.3, -0.25) is 9.59 Å². The van der Waals surface area contributed by atoms with Crippen molar-refractivity contribution in [2.75, 3.05) is 20.8 Å². The number of carbonyl (C=O) groups is 2. The zero-order valence-corrected chi connectivity index (χ0v) is 24.9. The Morgan fingerprint density at radius 2 is 1.71 bits per heavy atom. The Bertz CT molecular complexity index is 1280. The largest absolute Gasteiger partial charge is 0.504 e. The van der Waals surface area contributed by atoms with E-state index >= 15 is 0 Å². The number of aliphatic hydroxyl groups excluding tert-OH is 1. The summed E-state index contributed by atoms with van der Waals surface area (Å²) in [6.07, 6.45) is 8.76. The first-order chi connectivity index (χ1) is 20.2. The molecule has 0 aromatic heterocycles. The Kier molecular flexibility index (Phi) is 10.9. The van der Waals surface area contributed by atoms with Crippen LogP contribution in [0, 0.1) is 11.8 Å². The van der Waals surface area contributed by atoms with Crippen molar-refractivity contribution in [3.05, 3.63) is 53.1 Å². The molecule has 42 heavy (non-hydrogen) atoms. The summed E-state index contributed by atoms with van der Waals surface area (Å²) in [7, 11) is 3.02. The molecule has 2 aromatic carbocycles. The number of phenolic OH excluding ortho intramolecular Hbond substituents is 2. The molecule has 0 radical (unpaired) electrons. The molecular weight excluding hydrogens is 536 g/mol. The predicted molar refractivity (Wildman–Crippen MR) is 160 cm³/mol. The van der Waals surface area contributed by atoms with Crippen molar-refractivity contribution in [3.63, 3.8) is 0 Å². The molecule has 8 nitrogen and oxygen atoms in total. The number of Topliss-reactive ketones (excluding diaryl/α,β-unsaturated/α-hetero) is 1. The lowest BCUT2D eigenvalue weighted by molar-refractivity contribution is -0.147.